The highest BCUT2D eigenvalue weighted by Crippen LogP contribution is 2.41. The molecule has 0 bridgehead atoms. The summed E-state index contributed by atoms with van der Waals surface area (Å²) in [4.78, 5) is 12.9. The molecule has 4 rings (SSSR count). The fourth-order valence-corrected chi connectivity index (χ4v) is 4.41. The van der Waals surface area contributed by atoms with E-state index >= 15 is 0 Å². The lowest BCUT2D eigenvalue weighted by atomic mass is 10.1. The molecule has 0 amide bonds. The number of hydrogen-bond acceptors (Lipinski definition) is 5. The zero-order chi connectivity index (χ0) is 19.0. The second kappa shape index (κ2) is 7.46. The molecule has 0 saturated carbocycles. The number of nitrogens with two attached hydrogens (primary N) is 1. The van der Waals surface area contributed by atoms with Crippen LogP contribution in [0.2, 0.25) is 5.02 Å². The first-order valence-corrected chi connectivity index (χ1v) is 9.57. The van der Waals surface area contributed by atoms with Crippen molar-refractivity contribution in [3.05, 3.63) is 68.7 Å². The SMILES string of the molecule is NC[C@@H]1CCN([C@@H]2Cc3ccccc3[C@H]2Oc2ccc([N+](=O)[O-])cc2Cl)C1. The second-order valence-electron chi connectivity index (χ2n) is 7.27. The number of ether oxygens (including phenoxy) is 1. The third-order valence-corrected chi connectivity index (χ3v) is 5.94. The zero-order valence-electron chi connectivity index (χ0n) is 14.9. The fraction of sp³-hybridized carbons (Fsp3) is 0.400. The van der Waals surface area contributed by atoms with Gasteiger partial charge in [-0.15, -0.1) is 0 Å². The van der Waals surface area contributed by atoms with E-state index in [1.54, 1.807) is 6.07 Å². The number of nitrogens with zero attached hydrogens (tertiary/aromatic N) is 2. The van der Waals surface area contributed by atoms with Gasteiger partial charge in [0.25, 0.3) is 5.69 Å². The van der Waals surface area contributed by atoms with Crippen LogP contribution in [-0.4, -0.2) is 35.5 Å². The molecule has 0 spiro atoms. The highest BCUT2D eigenvalue weighted by molar-refractivity contribution is 6.32. The quantitative estimate of drug-likeness (QED) is 0.626. The Morgan fingerprint density at radius 1 is 1.30 bits per heavy atom. The smallest absolute Gasteiger partial charge is 0.271 e. The maximum absolute atomic E-state index is 10.9. The van der Waals surface area contributed by atoms with E-state index in [9.17, 15) is 10.1 Å². The Morgan fingerprint density at radius 3 is 2.81 bits per heavy atom. The van der Waals surface area contributed by atoms with Crippen molar-refractivity contribution >= 4 is 17.3 Å². The minimum Gasteiger partial charge on any atom is -0.482 e. The van der Waals surface area contributed by atoms with Gasteiger partial charge in [-0.3, -0.25) is 15.0 Å². The monoisotopic (exact) mass is 387 g/mol. The van der Waals surface area contributed by atoms with Crippen LogP contribution in [0.5, 0.6) is 5.75 Å². The second-order valence-corrected chi connectivity index (χ2v) is 7.67. The topological polar surface area (TPSA) is 81.6 Å². The molecule has 1 aliphatic heterocycles. The van der Waals surface area contributed by atoms with E-state index in [0.29, 0.717) is 18.2 Å². The van der Waals surface area contributed by atoms with Crippen molar-refractivity contribution in [1.29, 1.82) is 0 Å². The van der Waals surface area contributed by atoms with Crippen LogP contribution in [0.25, 0.3) is 0 Å². The number of benzene rings is 2. The van der Waals surface area contributed by atoms with E-state index < -0.39 is 4.92 Å². The summed E-state index contributed by atoms with van der Waals surface area (Å²) in [5.74, 6) is 1.00. The molecular weight excluding hydrogens is 366 g/mol. The average molecular weight is 388 g/mol. The summed E-state index contributed by atoms with van der Waals surface area (Å²) in [7, 11) is 0. The number of halogens is 1. The molecule has 3 atom stereocenters. The molecule has 1 fully saturated rings. The molecule has 1 heterocycles. The third kappa shape index (κ3) is 3.52. The molecule has 7 heteroatoms. The van der Waals surface area contributed by atoms with Gasteiger partial charge in [0.05, 0.1) is 16.0 Å². The van der Waals surface area contributed by atoms with Gasteiger partial charge >= 0.3 is 0 Å². The number of likely N-dealkylation sites (tertiary alicyclic amines) is 1. The van der Waals surface area contributed by atoms with Crippen LogP contribution < -0.4 is 10.5 Å². The van der Waals surface area contributed by atoms with E-state index in [1.165, 1.54) is 17.7 Å². The summed E-state index contributed by atoms with van der Waals surface area (Å²) < 4.78 is 6.33. The largest absolute Gasteiger partial charge is 0.482 e. The molecule has 27 heavy (non-hydrogen) atoms. The van der Waals surface area contributed by atoms with Crippen LogP contribution in [0.4, 0.5) is 5.69 Å². The summed E-state index contributed by atoms with van der Waals surface area (Å²) in [5.41, 5.74) is 8.26. The molecule has 2 N–H and O–H groups in total. The van der Waals surface area contributed by atoms with Crippen LogP contribution in [0.15, 0.2) is 42.5 Å². The fourth-order valence-electron chi connectivity index (χ4n) is 4.19. The Morgan fingerprint density at radius 2 is 2.11 bits per heavy atom. The first kappa shape index (κ1) is 18.2. The first-order valence-electron chi connectivity index (χ1n) is 9.19. The molecule has 0 radical (unpaired) electrons. The Hall–Kier alpha value is -2.15. The van der Waals surface area contributed by atoms with Crippen molar-refractivity contribution in [3.8, 4) is 5.75 Å². The molecular formula is C20H22ClN3O3. The third-order valence-electron chi connectivity index (χ3n) is 5.64. The molecule has 142 valence electrons. The molecule has 6 nitrogen and oxygen atoms in total. The van der Waals surface area contributed by atoms with Gasteiger partial charge in [-0.05, 0) is 49.0 Å². The van der Waals surface area contributed by atoms with Gasteiger partial charge in [0.15, 0.2) is 0 Å². The van der Waals surface area contributed by atoms with Crippen LogP contribution in [0.1, 0.15) is 23.7 Å². The van der Waals surface area contributed by atoms with Gasteiger partial charge in [0.2, 0.25) is 0 Å². The molecule has 2 aliphatic rings. The van der Waals surface area contributed by atoms with Crippen molar-refractivity contribution in [2.24, 2.45) is 11.7 Å². The number of rotatable bonds is 5. The summed E-state index contributed by atoms with van der Waals surface area (Å²) in [6, 6.07) is 12.9. The zero-order valence-corrected chi connectivity index (χ0v) is 15.6. The maximum atomic E-state index is 10.9. The number of fused-ring (bicyclic) bond motifs is 1. The lowest BCUT2D eigenvalue weighted by molar-refractivity contribution is -0.384. The van der Waals surface area contributed by atoms with E-state index in [1.807, 2.05) is 12.1 Å². The lowest BCUT2D eigenvalue weighted by Crippen LogP contribution is -2.39. The van der Waals surface area contributed by atoms with E-state index in [-0.39, 0.29) is 22.9 Å². The van der Waals surface area contributed by atoms with Crippen molar-refractivity contribution in [2.45, 2.75) is 25.0 Å². The molecule has 2 aromatic carbocycles. The molecule has 0 aromatic heterocycles. The van der Waals surface area contributed by atoms with Gasteiger partial charge in [0, 0.05) is 18.7 Å². The minimum absolute atomic E-state index is 0.0407. The minimum atomic E-state index is -0.458. The normalized spacial score (nSPS) is 24.7. The van der Waals surface area contributed by atoms with Gasteiger partial charge in [0.1, 0.15) is 11.9 Å². The van der Waals surface area contributed by atoms with Crippen molar-refractivity contribution in [3.63, 3.8) is 0 Å². The Bertz CT molecular complexity index is 860. The van der Waals surface area contributed by atoms with Crippen molar-refractivity contribution in [1.82, 2.24) is 4.90 Å². The standard InChI is InChI=1S/C20H22ClN3O3/c21-17-10-15(24(25)26)5-6-19(17)27-20-16-4-2-1-3-14(16)9-18(20)23-8-7-13(11-22)12-23/h1-6,10,13,18,20H,7-9,11-12,22H2/t13-,18+,20+/m0/s1. The Balaban J connectivity index is 1.62. The number of non-ortho nitro benzene ring substituents is 1. The highest BCUT2D eigenvalue weighted by Gasteiger charge is 2.40. The van der Waals surface area contributed by atoms with Crippen molar-refractivity contribution < 1.29 is 9.66 Å². The predicted octanol–water partition coefficient (Wildman–Crippen LogP) is 3.57. The van der Waals surface area contributed by atoms with Crippen molar-refractivity contribution in [2.75, 3.05) is 19.6 Å². The van der Waals surface area contributed by atoms with E-state index in [4.69, 9.17) is 22.1 Å². The molecule has 0 unspecified atom stereocenters. The van der Waals surface area contributed by atoms with Crippen LogP contribution in [0.3, 0.4) is 0 Å². The summed E-state index contributed by atoms with van der Waals surface area (Å²) >= 11 is 6.27. The van der Waals surface area contributed by atoms with Crippen LogP contribution in [0, 0.1) is 16.0 Å². The van der Waals surface area contributed by atoms with E-state index in [2.05, 4.69) is 17.0 Å². The predicted molar refractivity (Wildman–Crippen MR) is 104 cm³/mol. The lowest BCUT2D eigenvalue weighted by Gasteiger charge is -2.30. The number of nitro benzene ring substituents is 1. The summed E-state index contributed by atoms with van der Waals surface area (Å²) in [5, 5.41) is 11.2. The number of nitro groups is 1. The molecule has 1 aliphatic carbocycles. The van der Waals surface area contributed by atoms with Crippen LogP contribution in [-0.2, 0) is 6.42 Å². The highest BCUT2D eigenvalue weighted by atomic mass is 35.5. The van der Waals surface area contributed by atoms with Crippen LogP contribution >= 0.6 is 11.6 Å². The van der Waals surface area contributed by atoms with E-state index in [0.717, 1.165) is 31.5 Å². The summed E-state index contributed by atoms with van der Waals surface area (Å²) in [6.45, 7) is 2.69. The maximum Gasteiger partial charge on any atom is 0.271 e. The van der Waals surface area contributed by atoms with Gasteiger partial charge in [-0.2, -0.15) is 0 Å². The summed E-state index contributed by atoms with van der Waals surface area (Å²) in [6.07, 6.45) is 1.87. The Kier molecular flexibility index (Phi) is 5.04. The van der Waals surface area contributed by atoms with Gasteiger partial charge in [-0.1, -0.05) is 35.9 Å². The van der Waals surface area contributed by atoms with Gasteiger partial charge < -0.3 is 10.5 Å². The van der Waals surface area contributed by atoms with Gasteiger partial charge in [-0.25, -0.2) is 0 Å². The first-order chi connectivity index (χ1) is 13.1. The average Bonchev–Trinajstić information content (AvgIpc) is 3.28. The Labute approximate surface area is 163 Å². The molecule has 2 aromatic rings. The number of hydrogen-bond donors (Lipinski definition) is 1. The molecule has 1 saturated heterocycles.